The first-order chi connectivity index (χ1) is 13.2. The van der Waals surface area contributed by atoms with Crippen molar-refractivity contribution < 1.29 is 0 Å². The fourth-order valence-corrected chi connectivity index (χ4v) is 3.44. The number of hydrogen-bond acceptors (Lipinski definition) is 2. The minimum Gasteiger partial charge on any atom is -0.378 e. The van der Waals surface area contributed by atoms with Crippen molar-refractivity contribution in [1.29, 1.82) is 5.41 Å². The van der Waals surface area contributed by atoms with Gasteiger partial charge in [-0.25, -0.2) is 0 Å². The van der Waals surface area contributed by atoms with Crippen LogP contribution in [0.15, 0.2) is 97.2 Å². The second-order valence-corrected chi connectivity index (χ2v) is 6.68. The molecule has 0 aromatic heterocycles. The molecule has 1 aromatic rings. The van der Waals surface area contributed by atoms with Gasteiger partial charge in [-0.05, 0) is 53.7 Å². The van der Waals surface area contributed by atoms with Crippen molar-refractivity contribution in [2.75, 3.05) is 5.32 Å². The molecule has 2 heteroatoms. The third kappa shape index (κ3) is 4.53. The van der Waals surface area contributed by atoms with Gasteiger partial charge in [0, 0.05) is 23.5 Å². The van der Waals surface area contributed by atoms with E-state index < -0.39 is 0 Å². The fraction of sp³-hybridized carbons (Fsp3) is 0.160. The Balaban J connectivity index is 1.86. The number of hydrogen-bond donors (Lipinski definition) is 2. The van der Waals surface area contributed by atoms with E-state index >= 15 is 0 Å². The summed E-state index contributed by atoms with van der Waals surface area (Å²) < 4.78 is 0. The molecule has 2 aliphatic carbocycles. The molecule has 0 bridgehead atoms. The van der Waals surface area contributed by atoms with Crippen LogP contribution in [-0.4, -0.2) is 12.3 Å². The maximum absolute atomic E-state index is 7.84. The van der Waals surface area contributed by atoms with E-state index in [-0.39, 0.29) is 6.04 Å². The molecule has 1 aromatic carbocycles. The van der Waals surface area contributed by atoms with Crippen molar-refractivity contribution in [3.63, 3.8) is 0 Å². The van der Waals surface area contributed by atoms with Gasteiger partial charge in [-0.15, -0.1) is 0 Å². The minimum atomic E-state index is 0.280. The molecule has 2 nitrogen and oxygen atoms in total. The molecular weight excluding hydrogens is 328 g/mol. The van der Waals surface area contributed by atoms with Gasteiger partial charge in [-0.3, -0.25) is 0 Å². The lowest BCUT2D eigenvalue weighted by molar-refractivity contribution is 0.883. The highest BCUT2D eigenvalue weighted by molar-refractivity contribution is 5.88. The van der Waals surface area contributed by atoms with Crippen LogP contribution in [0.3, 0.4) is 0 Å². The minimum absolute atomic E-state index is 0.280. The molecule has 0 amide bonds. The Morgan fingerprint density at radius 3 is 2.81 bits per heavy atom. The van der Waals surface area contributed by atoms with Crippen LogP contribution in [0.2, 0.25) is 0 Å². The van der Waals surface area contributed by atoms with E-state index in [2.05, 4.69) is 73.1 Å². The maximum atomic E-state index is 7.84. The predicted octanol–water partition coefficient (Wildman–Crippen LogP) is 6.38. The Hall–Kier alpha value is -3.13. The number of allylic oxidation sites excluding steroid dienone is 10. The van der Waals surface area contributed by atoms with Crippen molar-refractivity contribution in [1.82, 2.24) is 0 Å². The van der Waals surface area contributed by atoms with Crippen LogP contribution >= 0.6 is 0 Å². The van der Waals surface area contributed by atoms with Crippen molar-refractivity contribution >= 4 is 17.5 Å². The molecule has 0 saturated heterocycles. The topological polar surface area (TPSA) is 35.9 Å². The molecule has 0 heterocycles. The van der Waals surface area contributed by atoms with Gasteiger partial charge >= 0.3 is 0 Å². The monoisotopic (exact) mass is 354 g/mol. The zero-order chi connectivity index (χ0) is 19.1. The second kappa shape index (κ2) is 9.00. The summed E-state index contributed by atoms with van der Waals surface area (Å²) in [6, 6.07) is 6.63. The first-order valence-electron chi connectivity index (χ1n) is 9.36. The molecule has 2 aliphatic rings. The average molecular weight is 354 g/mol. The van der Waals surface area contributed by atoms with E-state index in [0.29, 0.717) is 0 Å². The van der Waals surface area contributed by atoms with Crippen molar-refractivity contribution in [3.8, 4) is 0 Å². The van der Waals surface area contributed by atoms with E-state index in [9.17, 15) is 0 Å². The number of rotatable bonds is 7. The van der Waals surface area contributed by atoms with Gasteiger partial charge in [-0.1, -0.05) is 73.9 Å². The summed E-state index contributed by atoms with van der Waals surface area (Å²) in [5.41, 5.74) is 6.65. The lowest BCUT2D eigenvalue weighted by Gasteiger charge is -2.20. The Kier molecular flexibility index (Phi) is 6.22. The Morgan fingerprint density at radius 1 is 1.22 bits per heavy atom. The fourth-order valence-electron chi connectivity index (χ4n) is 3.44. The molecule has 0 fully saturated rings. The van der Waals surface area contributed by atoms with Crippen LogP contribution in [-0.2, 0) is 0 Å². The van der Waals surface area contributed by atoms with Crippen molar-refractivity contribution in [3.05, 3.63) is 108 Å². The Morgan fingerprint density at radius 2 is 2.11 bits per heavy atom. The summed E-state index contributed by atoms with van der Waals surface area (Å²) in [4.78, 5) is 0. The van der Waals surface area contributed by atoms with Gasteiger partial charge in [0.25, 0.3) is 0 Å². The maximum Gasteiger partial charge on any atom is 0.0482 e. The summed E-state index contributed by atoms with van der Waals surface area (Å²) in [5, 5.41) is 11.4. The van der Waals surface area contributed by atoms with Gasteiger partial charge in [0.2, 0.25) is 0 Å². The quantitative estimate of drug-likeness (QED) is 0.432. The van der Waals surface area contributed by atoms with Gasteiger partial charge in [-0.2, -0.15) is 0 Å². The van der Waals surface area contributed by atoms with E-state index in [1.165, 1.54) is 22.9 Å². The summed E-state index contributed by atoms with van der Waals surface area (Å²) in [7, 11) is 0. The number of nitrogens with one attached hydrogen (secondary N) is 2. The third-order valence-electron chi connectivity index (χ3n) is 4.86. The molecule has 1 unspecified atom stereocenters. The van der Waals surface area contributed by atoms with Crippen molar-refractivity contribution in [2.45, 2.75) is 25.3 Å². The molecular formula is C25H26N2. The molecule has 27 heavy (non-hydrogen) atoms. The second-order valence-electron chi connectivity index (χ2n) is 6.68. The van der Waals surface area contributed by atoms with E-state index in [1.807, 2.05) is 12.2 Å². The Labute approximate surface area is 162 Å². The number of benzene rings is 1. The smallest absolute Gasteiger partial charge is 0.0482 e. The molecule has 1 atom stereocenters. The first kappa shape index (κ1) is 18.7. The standard InChI is InChI=1S/C25H26N2/c1-3-9-19(4-2)20-10-8-11-21(16-20)22-14-15-25(23(17-22)18-26)27-24-12-6-5-7-13-24/h3-7,9-10,12,14-18,24,26-27H,1-2,8,11,13H2/b19-9+,26-18?. The Bertz CT molecular complexity index is 891. The summed E-state index contributed by atoms with van der Waals surface area (Å²) >= 11 is 0. The van der Waals surface area contributed by atoms with Crippen LogP contribution < -0.4 is 5.32 Å². The molecule has 0 aliphatic heterocycles. The van der Waals surface area contributed by atoms with E-state index in [1.54, 1.807) is 6.08 Å². The van der Waals surface area contributed by atoms with Gasteiger partial charge < -0.3 is 10.7 Å². The third-order valence-corrected chi connectivity index (χ3v) is 4.86. The zero-order valence-corrected chi connectivity index (χ0v) is 15.6. The van der Waals surface area contributed by atoms with E-state index in [0.717, 1.165) is 36.1 Å². The SMILES string of the molecule is C=C/C=C(\C=C)C1=CCCC(c2ccc(NC3C=CC=CC3)c(C=N)c2)=C1. The highest BCUT2D eigenvalue weighted by atomic mass is 14.9. The largest absolute Gasteiger partial charge is 0.378 e. The molecule has 2 N–H and O–H groups in total. The first-order valence-corrected chi connectivity index (χ1v) is 9.36. The molecule has 0 radical (unpaired) electrons. The normalized spacial score (nSPS) is 19.1. The van der Waals surface area contributed by atoms with Crippen LogP contribution in [0.5, 0.6) is 0 Å². The van der Waals surface area contributed by atoms with Crippen LogP contribution in [0.4, 0.5) is 5.69 Å². The van der Waals surface area contributed by atoms with Crippen LogP contribution in [0.25, 0.3) is 5.57 Å². The molecule has 0 spiro atoms. The highest BCUT2D eigenvalue weighted by Crippen LogP contribution is 2.31. The van der Waals surface area contributed by atoms with E-state index in [4.69, 9.17) is 5.41 Å². The summed E-state index contributed by atoms with van der Waals surface area (Å²) in [6.45, 7) is 7.70. The van der Waals surface area contributed by atoms with Gasteiger partial charge in [0.05, 0.1) is 0 Å². The average Bonchev–Trinajstić information content (AvgIpc) is 2.73. The molecule has 3 rings (SSSR count). The van der Waals surface area contributed by atoms with Crippen molar-refractivity contribution in [2.24, 2.45) is 0 Å². The summed E-state index contributed by atoms with van der Waals surface area (Å²) in [5.74, 6) is 0. The number of anilines is 1. The van der Waals surface area contributed by atoms with Gasteiger partial charge in [0.1, 0.15) is 0 Å². The predicted molar refractivity (Wildman–Crippen MR) is 118 cm³/mol. The lowest BCUT2D eigenvalue weighted by Crippen LogP contribution is -2.18. The van der Waals surface area contributed by atoms with Gasteiger partial charge in [0.15, 0.2) is 0 Å². The van der Waals surface area contributed by atoms with Crippen LogP contribution in [0, 0.1) is 5.41 Å². The summed E-state index contributed by atoms with van der Waals surface area (Å²) in [6.07, 6.45) is 23.0. The lowest BCUT2D eigenvalue weighted by atomic mass is 9.89. The molecule has 136 valence electrons. The zero-order valence-electron chi connectivity index (χ0n) is 15.6. The molecule has 0 saturated carbocycles. The van der Waals surface area contributed by atoms with Crippen LogP contribution in [0.1, 0.15) is 30.4 Å². The highest BCUT2D eigenvalue weighted by Gasteiger charge is 2.13.